The molecule has 0 radical (unpaired) electrons. The molecule has 45 heavy (non-hydrogen) atoms. The molecule has 2 amide bonds. The highest BCUT2D eigenvalue weighted by atomic mass is 19.4. The molecule has 3 aromatic rings. The summed E-state index contributed by atoms with van der Waals surface area (Å²) in [4.78, 5) is 31.3. The van der Waals surface area contributed by atoms with E-state index < -0.39 is 23.2 Å². The van der Waals surface area contributed by atoms with E-state index in [0.29, 0.717) is 55.2 Å². The topological polar surface area (TPSA) is 116 Å². The van der Waals surface area contributed by atoms with Crippen molar-refractivity contribution in [1.82, 2.24) is 20.5 Å². The fraction of sp³-hybridized carbons (Fsp3) is 0.424. The van der Waals surface area contributed by atoms with Crippen LogP contribution in [0.25, 0.3) is 0 Å². The number of carbonyl (C=O) groups is 2. The Morgan fingerprint density at radius 1 is 1.13 bits per heavy atom. The number of rotatable bonds is 7. The van der Waals surface area contributed by atoms with Gasteiger partial charge in [0.25, 0.3) is 5.91 Å². The Balaban J connectivity index is 1.07. The number of anilines is 1. The summed E-state index contributed by atoms with van der Waals surface area (Å²) < 4.78 is 48.6. The fourth-order valence-electron chi connectivity index (χ4n) is 7.16. The van der Waals surface area contributed by atoms with E-state index in [2.05, 4.69) is 20.9 Å². The Hall–Kier alpha value is -4.16. The predicted octanol–water partition coefficient (Wildman–Crippen LogP) is 4.95. The predicted molar refractivity (Wildman–Crippen MR) is 159 cm³/mol. The normalized spacial score (nSPS) is 27.2. The first-order valence-corrected chi connectivity index (χ1v) is 15.2. The van der Waals surface area contributed by atoms with Crippen LogP contribution in [0.5, 0.6) is 17.2 Å². The van der Waals surface area contributed by atoms with E-state index in [4.69, 9.17) is 4.74 Å². The number of benzene rings is 2. The highest BCUT2D eigenvalue weighted by Gasteiger charge is 2.80. The summed E-state index contributed by atoms with van der Waals surface area (Å²) in [6, 6.07) is 10.8. The minimum atomic E-state index is -4.61. The number of hydrogen-bond acceptors (Lipinski definition) is 7. The molecular weight excluding hydrogens is 587 g/mol. The van der Waals surface area contributed by atoms with Gasteiger partial charge in [-0.15, -0.1) is 0 Å². The fourth-order valence-corrected chi connectivity index (χ4v) is 7.16. The molecule has 2 unspecified atom stereocenters. The molecule has 9 nitrogen and oxygen atoms in total. The Kier molecular flexibility index (Phi) is 7.05. The summed E-state index contributed by atoms with van der Waals surface area (Å²) in [5, 5.41) is 19.8. The number of carbonyl (C=O) groups excluding carboxylic acids is 2. The van der Waals surface area contributed by atoms with Gasteiger partial charge in [0.1, 0.15) is 23.1 Å². The van der Waals surface area contributed by atoms with Crippen LogP contribution in [0, 0.1) is 5.92 Å². The van der Waals surface area contributed by atoms with Gasteiger partial charge in [-0.25, -0.2) is 4.98 Å². The lowest BCUT2D eigenvalue weighted by Gasteiger charge is -2.36. The van der Waals surface area contributed by atoms with Gasteiger partial charge in [-0.05, 0) is 74.6 Å². The van der Waals surface area contributed by atoms with Gasteiger partial charge < -0.3 is 25.8 Å². The molecule has 0 spiro atoms. The van der Waals surface area contributed by atoms with Crippen molar-refractivity contribution in [1.29, 1.82) is 0 Å². The number of fused-ring (bicyclic) bond motifs is 2. The number of phenols is 1. The third-order valence-corrected chi connectivity index (χ3v) is 9.39. The molecule has 3 heterocycles. The largest absolute Gasteiger partial charge is 0.508 e. The smallest absolute Gasteiger partial charge is 0.416 e. The van der Waals surface area contributed by atoms with Crippen LogP contribution < -0.4 is 20.7 Å². The van der Waals surface area contributed by atoms with E-state index in [1.807, 2.05) is 18.7 Å². The van der Waals surface area contributed by atoms with Crippen LogP contribution in [-0.4, -0.2) is 57.5 Å². The average molecular weight is 622 g/mol. The third kappa shape index (κ3) is 5.61. The zero-order valence-corrected chi connectivity index (χ0v) is 24.9. The summed E-state index contributed by atoms with van der Waals surface area (Å²) in [7, 11) is 0. The van der Waals surface area contributed by atoms with Gasteiger partial charge in [-0.1, -0.05) is 6.07 Å². The molecule has 5 atom stereocenters. The maximum Gasteiger partial charge on any atom is 0.416 e. The van der Waals surface area contributed by atoms with E-state index in [1.165, 1.54) is 18.2 Å². The molecule has 4 N–H and O–H groups in total. The van der Waals surface area contributed by atoms with Gasteiger partial charge in [0.2, 0.25) is 5.91 Å². The van der Waals surface area contributed by atoms with Crippen molar-refractivity contribution in [2.24, 2.45) is 5.92 Å². The monoisotopic (exact) mass is 621 g/mol. The van der Waals surface area contributed by atoms with Gasteiger partial charge in [-0.3, -0.25) is 14.5 Å². The number of aromatic hydroxyl groups is 1. The summed E-state index contributed by atoms with van der Waals surface area (Å²) in [5.41, 5.74) is 0.0715. The zero-order chi connectivity index (χ0) is 31.7. The van der Waals surface area contributed by atoms with Gasteiger partial charge in [0, 0.05) is 66.9 Å². The number of halogens is 3. The molecule has 1 aromatic heterocycles. The second-order valence-electron chi connectivity index (χ2n) is 12.8. The maximum absolute atomic E-state index is 14.2. The number of hydrogen-bond donors (Lipinski definition) is 4. The first-order valence-electron chi connectivity index (χ1n) is 15.2. The molecule has 2 aliphatic carbocycles. The van der Waals surface area contributed by atoms with Crippen LogP contribution in [-0.2, 0) is 23.9 Å². The third-order valence-electron chi connectivity index (χ3n) is 9.39. The van der Waals surface area contributed by atoms with Crippen molar-refractivity contribution in [3.63, 3.8) is 0 Å². The Morgan fingerprint density at radius 3 is 2.64 bits per heavy atom. The zero-order valence-electron chi connectivity index (χ0n) is 24.9. The molecule has 2 aromatic carbocycles. The SMILES string of the molecule is CC1CN(Cc2ccc(C(=O)N[C@@]34C[C@H]3[C@H]4c3cc(Oc4ccnc5c4CCC(=O)N5)ccc3O)cc2C(F)(F)F)CC(C)N1. The molecule has 0 bridgehead atoms. The van der Waals surface area contributed by atoms with Crippen molar-refractivity contribution in [3.8, 4) is 17.2 Å². The molecule has 236 valence electrons. The van der Waals surface area contributed by atoms with Crippen LogP contribution in [0.1, 0.15) is 65.2 Å². The first kappa shape index (κ1) is 29.5. The minimum Gasteiger partial charge on any atom is -0.508 e. The lowest BCUT2D eigenvalue weighted by molar-refractivity contribution is -0.138. The van der Waals surface area contributed by atoms with Gasteiger partial charge in [0.05, 0.1) is 11.1 Å². The standard InChI is InChI=1S/C33H34F3N5O4/c1-17-14-41(15-18(2)38-17)16-20-4-3-19(11-24(20)33(34,35)36)31(44)40-32-13-25(32)29(32)23-12-21(5-7-26(23)42)45-27-9-10-37-30-22(27)6-8-28(43)39-30/h3-5,7,9-12,17-18,25,29,38,42H,6,8,13-16H2,1-2H3,(H,40,44)(H,37,39,43)/t17?,18?,25-,29+,32-/m0/s1. The summed E-state index contributed by atoms with van der Waals surface area (Å²) in [6.07, 6.45) is -1.57. The number of phenolic OH excluding ortho intramolecular Hbond substituents is 1. The Bertz CT molecular complexity index is 1690. The molecule has 2 aliphatic heterocycles. The molecule has 2 saturated carbocycles. The summed E-state index contributed by atoms with van der Waals surface area (Å²) in [5.74, 6) is 0.742. The van der Waals surface area contributed by atoms with Crippen molar-refractivity contribution in [3.05, 3.63) is 76.5 Å². The van der Waals surface area contributed by atoms with E-state index >= 15 is 0 Å². The van der Waals surface area contributed by atoms with E-state index in [-0.39, 0.29) is 53.2 Å². The number of nitrogens with one attached hydrogen (secondary N) is 3. The summed E-state index contributed by atoms with van der Waals surface area (Å²) >= 11 is 0. The van der Waals surface area contributed by atoms with Crippen molar-refractivity contribution >= 4 is 17.6 Å². The molecule has 7 rings (SSSR count). The Labute approximate surface area is 258 Å². The van der Waals surface area contributed by atoms with Crippen molar-refractivity contribution < 1.29 is 32.6 Å². The van der Waals surface area contributed by atoms with Crippen LogP contribution >= 0.6 is 0 Å². The molecule has 3 fully saturated rings. The highest BCUT2D eigenvalue weighted by Crippen LogP contribution is 2.77. The van der Waals surface area contributed by atoms with Gasteiger partial charge in [-0.2, -0.15) is 13.2 Å². The molecular formula is C33H34F3N5O4. The number of ether oxygens (including phenoxy) is 1. The number of amides is 2. The van der Waals surface area contributed by atoms with Crippen LogP contribution in [0.15, 0.2) is 48.7 Å². The van der Waals surface area contributed by atoms with E-state index in [0.717, 1.165) is 11.6 Å². The van der Waals surface area contributed by atoms with E-state index in [9.17, 15) is 27.9 Å². The number of alkyl halides is 3. The number of pyridine rings is 1. The lowest BCUT2D eigenvalue weighted by Crippen LogP contribution is -2.53. The quantitative estimate of drug-likeness (QED) is 0.295. The second kappa shape index (κ2) is 10.7. The highest BCUT2D eigenvalue weighted by molar-refractivity contribution is 5.96. The second-order valence-corrected chi connectivity index (χ2v) is 12.8. The Morgan fingerprint density at radius 2 is 1.91 bits per heavy atom. The lowest BCUT2D eigenvalue weighted by atomic mass is 9.98. The number of piperazine rings is 1. The van der Waals surface area contributed by atoms with Crippen LogP contribution in [0.3, 0.4) is 0 Å². The molecule has 12 heteroatoms. The molecule has 1 saturated heterocycles. The average Bonchev–Trinajstić information content (AvgIpc) is 3.83. The minimum absolute atomic E-state index is 0.0466. The van der Waals surface area contributed by atoms with Gasteiger partial charge in [0.15, 0.2) is 0 Å². The first-order chi connectivity index (χ1) is 21.4. The number of nitrogens with zero attached hydrogens (tertiary/aromatic N) is 2. The van der Waals surface area contributed by atoms with Crippen molar-refractivity contribution in [2.45, 2.75) is 69.4 Å². The summed E-state index contributed by atoms with van der Waals surface area (Å²) in [6.45, 7) is 5.44. The van der Waals surface area contributed by atoms with Crippen molar-refractivity contribution in [2.75, 3.05) is 18.4 Å². The van der Waals surface area contributed by atoms with Gasteiger partial charge >= 0.3 is 6.18 Å². The number of aromatic nitrogens is 1. The molecule has 4 aliphatic rings. The van der Waals surface area contributed by atoms with Crippen LogP contribution in [0.4, 0.5) is 19.0 Å². The van der Waals surface area contributed by atoms with Crippen LogP contribution in [0.2, 0.25) is 0 Å². The van der Waals surface area contributed by atoms with E-state index in [1.54, 1.807) is 24.4 Å². The maximum atomic E-state index is 14.2.